The van der Waals surface area contributed by atoms with Crippen LogP contribution in [0.5, 0.6) is 0 Å². The molecule has 2 N–H and O–H groups in total. The molecule has 36 heavy (non-hydrogen) atoms. The van der Waals surface area contributed by atoms with Crippen LogP contribution in [0.4, 0.5) is 0 Å². The summed E-state index contributed by atoms with van der Waals surface area (Å²) in [6, 6.07) is 7.70. The van der Waals surface area contributed by atoms with Crippen molar-refractivity contribution in [2.75, 3.05) is 26.2 Å². The van der Waals surface area contributed by atoms with Gasteiger partial charge in [-0.05, 0) is 61.2 Å². The van der Waals surface area contributed by atoms with Crippen molar-refractivity contribution in [3.05, 3.63) is 41.4 Å². The first kappa shape index (κ1) is 27.9. The Kier molecular flexibility index (Phi) is 8.97. The fourth-order valence-electron chi connectivity index (χ4n) is 4.61. The van der Waals surface area contributed by atoms with Crippen LogP contribution in [-0.4, -0.2) is 78.5 Å². The van der Waals surface area contributed by atoms with E-state index in [4.69, 9.17) is 17.3 Å². The van der Waals surface area contributed by atoms with Gasteiger partial charge in [0.1, 0.15) is 12.1 Å². The molecule has 0 saturated carbocycles. The first-order valence-corrected chi connectivity index (χ1v) is 13.9. The molecule has 9 nitrogen and oxygen atoms in total. The minimum Gasteiger partial charge on any atom is -0.369 e. The molecular formula is C25H33ClN4O5S. The molecule has 2 atom stereocenters. The van der Waals surface area contributed by atoms with Gasteiger partial charge in [0.25, 0.3) is 0 Å². The minimum atomic E-state index is -4.26. The monoisotopic (exact) mass is 536 g/mol. The average Bonchev–Trinajstić information content (AvgIpc) is 3.21. The zero-order chi connectivity index (χ0) is 26.6. The Morgan fingerprint density at radius 1 is 1.11 bits per heavy atom. The molecule has 11 heteroatoms. The Morgan fingerprint density at radius 2 is 1.72 bits per heavy atom. The van der Waals surface area contributed by atoms with E-state index in [9.17, 15) is 22.8 Å². The molecule has 2 aromatic rings. The van der Waals surface area contributed by atoms with Crippen molar-refractivity contribution in [1.82, 2.24) is 14.1 Å². The van der Waals surface area contributed by atoms with Gasteiger partial charge in [0.2, 0.25) is 27.7 Å². The highest BCUT2D eigenvalue weighted by molar-refractivity contribution is 7.89. The number of carbonyl (C=O) groups excluding carboxylic acids is 3. The number of rotatable bonds is 11. The van der Waals surface area contributed by atoms with Gasteiger partial charge in [0.15, 0.2) is 0 Å². The van der Waals surface area contributed by atoms with Crippen LogP contribution >= 0.6 is 11.6 Å². The SMILES string of the molecule is CCCN(CCC)C(=O)[C@H](C)N1CC[C@H](N(CC(N)=O)S(=O)(=O)c2ccc3cc(Cl)ccc3c2)C1=O. The Morgan fingerprint density at radius 3 is 2.33 bits per heavy atom. The number of nitrogens with two attached hydrogens (primary N) is 1. The molecule has 0 unspecified atom stereocenters. The van der Waals surface area contributed by atoms with Crippen LogP contribution in [0.25, 0.3) is 10.8 Å². The van der Waals surface area contributed by atoms with Crippen molar-refractivity contribution in [1.29, 1.82) is 0 Å². The van der Waals surface area contributed by atoms with E-state index in [-0.39, 0.29) is 23.8 Å². The number of nitrogens with zero attached hydrogens (tertiary/aromatic N) is 3. The molecule has 0 radical (unpaired) electrons. The zero-order valence-electron chi connectivity index (χ0n) is 20.8. The fourth-order valence-corrected chi connectivity index (χ4v) is 6.41. The molecule has 3 rings (SSSR count). The second kappa shape index (κ2) is 11.6. The van der Waals surface area contributed by atoms with Crippen LogP contribution in [0.2, 0.25) is 5.02 Å². The van der Waals surface area contributed by atoms with Crippen LogP contribution in [0.15, 0.2) is 41.3 Å². The third kappa shape index (κ3) is 5.82. The molecule has 1 saturated heterocycles. The lowest BCUT2D eigenvalue weighted by Crippen LogP contribution is -2.52. The number of fused-ring (bicyclic) bond motifs is 1. The van der Waals surface area contributed by atoms with E-state index in [0.29, 0.717) is 23.5 Å². The lowest BCUT2D eigenvalue weighted by Gasteiger charge is -2.31. The van der Waals surface area contributed by atoms with Gasteiger partial charge in [-0.3, -0.25) is 14.4 Å². The zero-order valence-corrected chi connectivity index (χ0v) is 22.4. The molecule has 1 aliphatic heterocycles. The summed E-state index contributed by atoms with van der Waals surface area (Å²) in [4.78, 5) is 41.5. The normalized spacial score (nSPS) is 17.1. The molecule has 0 bridgehead atoms. The lowest BCUT2D eigenvalue weighted by atomic mass is 10.1. The molecular weight excluding hydrogens is 504 g/mol. The predicted molar refractivity (Wildman–Crippen MR) is 139 cm³/mol. The van der Waals surface area contributed by atoms with E-state index in [1.165, 1.54) is 17.0 Å². The second-order valence-corrected chi connectivity index (χ2v) is 11.3. The Hall–Kier alpha value is -2.69. The number of primary amides is 1. The van der Waals surface area contributed by atoms with Gasteiger partial charge in [-0.15, -0.1) is 0 Å². The number of benzene rings is 2. The van der Waals surface area contributed by atoms with Gasteiger partial charge in [0.05, 0.1) is 11.4 Å². The quantitative estimate of drug-likeness (QED) is 0.473. The molecule has 1 aliphatic rings. The van der Waals surface area contributed by atoms with E-state index in [1.54, 1.807) is 36.1 Å². The van der Waals surface area contributed by atoms with Crippen molar-refractivity contribution in [2.24, 2.45) is 5.73 Å². The molecule has 0 aliphatic carbocycles. The van der Waals surface area contributed by atoms with E-state index < -0.39 is 40.5 Å². The van der Waals surface area contributed by atoms with Crippen LogP contribution in [-0.2, 0) is 24.4 Å². The summed E-state index contributed by atoms with van der Waals surface area (Å²) < 4.78 is 28.2. The summed E-state index contributed by atoms with van der Waals surface area (Å²) in [5.74, 6) is -1.56. The van der Waals surface area contributed by atoms with Crippen molar-refractivity contribution in [3.8, 4) is 0 Å². The molecule has 3 amide bonds. The maximum Gasteiger partial charge on any atom is 0.245 e. The highest BCUT2D eigenvalue weighted by atomic mass is 35.5. The van der Waals surface area contributed by atoms with Crippen molar-refractivity contribution in [3.63, 3.8) is 0 Å². The van der Waals surface area contributed by atoms with E-state index in [2.05, 4.69) is 0 Å². The summed E-state index contributed by atoms with van der Waals surface area (Å²) in [7, 11) is -4.26. The lowest BCUT2D eigenvalue weighted by molar-refractivity contribution is -0.144. The summed E-state index contributed by atoms with van der Waals surface area (Å²) in [5, 5.41) is 1.91. The number of amides is 3. The highest BCUT2D eigenvalue weighted by Crippen LogP contribution is 2.29. The number of hydrogen-bond donors (Lipinski definition) is 1. The van der Waals surface area contributed by atoms with E-state index in [0.717, 1.165) is 22.5 Å². The van der Waals surface area contributed by atoms with Gasteiger partial charge >= 0.3 is 0 Å². The Bertz CT molecular complexity index is 1250. The number of carbonyl (C=O) groups is 3. The van der Waals surface area contributed by atoms with E-state index >= 15 is 0 Å². The van der Waals surface area contributed by atoms with Crippen LogP contribution in [0, 0.1) is 0 Å². The van der Waals surface area contributed by atoms with Gasteiger partial charge in [-0.1, -0.05) is 37.6 Å². The fraction of sp³-hybridized carbons (Fsp3) is 0.480. The largest absolute Gasteiger partial charge is 0.369 e. The maximum atomic E-state index is 13.6. The van der Waals surface area contributed by atoms with Gasteiger partial charge in [0, 0.05) is 24.7 Å². The van der Waals surface area contributed by atoms with Gasteiger partial charge < -0.3 is 15.5 Å². The van der Waals surface area contributed by atoms with Crippen LogP contribution in [0.1, 0.15) is 40.0 Å². The molecule has 1 fully saturated rings. The Labute approximate surface area is 217 Å². The Balaban J connectivity index is 1.91. The average molecular weight is 537 g/mol. The number of hydrogen-bond acceptors (Lipinski definition) is 5. The third-order valence-electron chi connectivity index (χ3n) is 6.37. The molecule has 0 aromatic heterocycles. The van der Waals surface area contributed by atoms with Crippen LogP contribution < -0.4 is 5.73 Å². The van der Waals surface area contributed by atoms with Crippen molar-refractivity contribution >= 4 is 50.1 Å². The third-order valence-corrected chi connectivity index (χ3v) is 8.46. The summed E-state index contributed by atoms with van der Waals surface area (Å²) in [5.41, 5.74) is 5.39. The van der Waals surface area contributed by atoms with Crippen molar-refractivity contribution < 1.29 is 22.8 Å². The van der Waals surface area contributed by atoms with Gasteiger partial charge in [-0.25, -0.2) is 8.42 Å². The minimum absolute atomic E-state index is 0.0639. The first-order chi connectivity index (χ1) is 17.0. The maximum absolute atomic E-state index is 13.6. The summed E-state index contributed by atoms with van der Waals surface area (Å²) >= 11 is 6.03. The summed E-state index contributed by atoms with van der Waals surface area (Å²) in [6.07, 6.45) is 1.73. The first-order valence-electron chi connectivity index (χ1n) is 12.1. The smallest absolute Gasteiger partial charge is 0.245 e. The molecule has 2 aromatic carbocycles. The molecule has 1 heterocycles. The number of likely N-dealkylation sites (tertiary alicyclic amines) is 1. The van der Waals surface area contributed by atoms with Crippen molar-refractivity contribution in [2.45, 2.75) is 57.0 Å². The second-order valence-electron chi connectivity index (χ2n) is 9.01. The number of halogens is 1. The predicted octanol–water partition coefficient (Wildman–Crippen LogP) is 2.61. The summed E-state index contributed by atoms with van der Waals surface area (Å²) in [6.45, 7) is 6.32. The van der Waals surface area contributed by atoms with Gasteiger partial charge in [-0.2, -0.15) is 4.31 Å². The molecule has 196 valence electrons. The topological polar surface area (TPSA) is 121 Å². The number of sulfonamides is 1. The van der Waals surface area contributed by atoms with E-state index in [1.807, 2.05) is 13.8 Å². The highest BCUT2D eigenvalue weighted by Gasteiger charge is 2.45. The molecule has 0 spiro atoms. The standard InChI is InChI=1S/C25H33ClN4O5S/c1-4-11-28(12-5-2)24(32)17(3)29-13-10-22(25(29)33)30(16-23(27)31)36(34,35)21-9-7-18-14-20(26)8-6-19(18)15-21/h6-9,14-15,17,22H,4-5,10-13,16H2,1-3H3,(H2,27,31)/t17-,22-/m0/s1. The van der Waals surface area contributed by atoms with Crippen LogP contribution in [0.3, 0.4) is 0 Å².